The van der Waals surface area contributed by atoms with Gasteiger partial charge in [0, 0.05) is 57.7 Å². The minimum absolute atomic E-state index is 0.199. The molecule has 0 radical (unpaired) electrons. The topological polar surface area (TPSA) is 77.5 Å². The minimum atomic E-state index is -0.298. The smallest absolute Gasteiger partial charge is 0.311 e. The van der Waals surface area contributed by atoms with Gasteiger partial charge in [0.05, 0.1) is 21.3 Å². The lowest BCUT2D eigenvalue weighted by atomic mass is 10.1. The van der Waals surface area contributed by atoms with Crippen molar-refractivity contribution in [1.29, 1.82) is 0 Å². The van der Waals surface area contributed by atoms with Crippen LogP contribution in [0.3, 0.4) is 0 Å². The Bertz CT molecular complexity index is 989. The van der Waals surface area contributed by atoms with Gasteiger partial charge in [-0.05, 0) is 24.5 Å². The van der Waals surface area contributed by atoms with Gasteiger partial charge >= 0.3 is 11.9 Å². The summed E-state index contributed by atoms with van der Waals surface area (Å²) < 4.78 is 21.6. The molecular weight excluding hydrogens is 472 g/mol. The second-order valence-corrected chi connectivity index (χ2v) is 9.29. The number of carbonyl (C=O) groups excluding carboxylic acids is 2. The Morgan fingerprint density at radius 2 is 1.32 bits per heavy atom. The number of ether oxygens (including phenoxy) is 4. The van der Waals surface area contributed by atoms with Gasteiger partial charge in [0.2, 0.25) is 5.75 Å². The summed E-state index contributed by atoms with van der Waals surface area (Å²) in [6, 6.07) is 14.3. The van der Waals surface area contributed by atoms with Crippen LogP contribution in [-0.4, -0.2) is 69.2 Å². The molecule has 1 heterocycles. The van der Waals surface area contributed by atoms with Crippen LogP contribution in [0.1, 0.15) is 49.7 Å². The highest BCUT2D eigenvalue weighted by Gasteiger charge is 2.23. The van der Waals surface area contributed by atoms with Crippen LogP contribution < -0.4 is 14.2 Å². The maximum atomic E-state index is 12.7. The first-order valence-electron chi connectivity index (χ1n) is 13.0. The zero-order valence-electron chi connectivity index (χ0n) is 22.4. The van der Waals surface area contributed by atoms with Crippen LogP contribution in [0.4, 0.5) is 0 Å². The second-order valence-electron chi connectivity index (χ2n) is 9.29. The van der Waals surface area contributed by atoms with E-state index in [4.69, 9.17) is 14.2 Å². The molecule has 8 heteroatoms. The lowest BCUT2D eigenvalue weighted by Gasteiger charge is -2.35. The SMILES string of the molecule is COC(=O)CCCCCCC(=O)Oc1c(CN2CCN(Cc3ccccc3)CC2)ccc(OC)c1OC. The molecule has 0 aromatic heterocycles. The summed E-state index contributed by atoms with van der Waals surface area (Å²) in [6.07, 6.45) is 3.88. The van der Waals surface area contributed by atoms with Crippen molar-refractivity contribution in [2.45, 2.75) is 51.6 Å². The highest BCUT2D eigenvalue weighted by Crippen LogP contribution is 2.41. The fourth-order valence-corrected chi connectivity index (χ4v) is 4.52. The summed E-state index contributed by atoms with van der Waals surface area (Å²) in [5.74, 6) is 0.908. The van der Waals surface area contributed by atoms with Gasteiger partial charge in [-0.1, -0.05) is 49.2 Å². The molecule has 0 N–H and O–H groups in total. The van der Waals surface area contributed by atoms with Crippen LogP contribution in [0.5, 0.6) is 17.2 Å². The Morgan fingerprint density at radius 1 is 0.703 bits per heavy atom. The minimum Gasteiger partial charge on any atom is -0.493 e. The fraction of sp³-hybridized carbons (Fsp3) is 0.517. The summed E-state index contributed by atoms with van der Waals surface area (Å²) >= 11 is 0. The normalized spacial score (nSPS) is 14.2. The molecule has 1 aliphatic heterocycles. The van der Waals surface area contributed by atoms with Gasteiger partial charge in [-0.15, -0.1) is 0 Å². The van der Waals surface area contributed by atoms with Gasteiger partial charge in [-0.2, -0.15) is 0 Å². The lowest BCUT2D eigenvalue weighted by Crippen LogP contribution is -2.45. The molecule has 1 fully saturated rings. The fourth-order valence-electron chi connectivity index (χ4n) is 4.52. The number of carbonyl (C=O) groups is 2. The number of unbranched alkanes of at least 4 members (excludes halogenated alkanes) is 3. The number of benzene rings is 2. The third-order valence-electron chi connectivity index (χ3n) is 6.64. The Kier molecular flexibility index (Phi) is 11.7. The van der Waals surface area contributed by atoms with Crippen molar-refractivity contribution >= 4 is 11.9 Å². The molecule has 3 rings (SSSR count). The standard InChI is InChI=1S/C29H40N2O6/c1-34-25-16-15-24(22-31-19-17-30(18-20-31)21-23-11-7-6-8-12-23)28(29(25)36-3)37-27(33)14-10-5-4-9-13-26(32)35-2/h6-8,11-12,15-16H,4-5,9-10,13-14,17-22H2,1-3H3. The quantitative estimate of drug-likeness (QED) is 0.209. The molecule has 8 nitrogen and oxygen atoms in total. The lowest BCUT2D eigenvalue weighted by molar-refractivity contribution is -0.140. The largest absolute Gasteiger partial charge is 0.493 e. The zero-order chi connectivity index (χ0) is 26.5. The molecule has 202 valence electrons. The first-order valence-corrected chi connectivity index (χ1v) is 13.0. The molecule has 2 aromatic carbocycles. The van der Waals surface area contributed by atoms with E-state index in [1.54, 1.807) is 14.2 Å². The highest BCUT2D eigenvalue weighted by molar-refractivity contribution is 5.74. The van der Waals surface area contributed by atoms with Crippen LogP contribution in [0, 0.1) is 0 Å². The maximum absolute atomic E-state index is 12.7. The van der Waals surface area contributed by atoms with E-state index >= 15 is 0 Å². The van der Waals surface area contributed by atoms with Crippen LogP contribution in [0.15, 0.2) is 42.5 Å². The van der Waals surface area contributed by atoms with Gasteiger partial charge in [-0.3, -0.25) is 19.4 Å². The third kappa shape index (κ3) is 9.05. The highest BCUT2D eigenvalue weighted by atomic mass is 16.6. The summed E-state index contributed by atoms with van der Waals surface area (Å²) in [7, 11) is 4.53. The van der Waals surface area contributed by atoms with Gasteiger partial charge in [0.15, 0.2) is 11.5 Å². The molecule has 0 amide bonds. The van der Waals surface area contributed by atoms with Crippen molar-refractivity contribution in [2.75, 3.05) is 47.5 Å². The molecule has 0 atom stereocenters. The summed E-state index contributed by atoms with van der Waals surface area (Å²) in [6.45, 7) is 5.44. The van der Waals surface area contributed by atoms with Gasteiger partial charge in [0.25, 0.3) is 0 Å². The Hall–Kier alpha value is -3.10. The third-order valence-corrected chi connectivity index (χ3v) is 6.64. The molecule has 0 bridgehead atoms. The average Bonchev–Trinajstić information content (AvgIpc) is 2.92. The zero-order valence-corrected chi connectivity index (χ0v) is 22.4. The van der Waals surface area contributed by atoms with Crippen LogP contribution in [0.2, 0.25) is 0 Å². The van der Waals surface area contributed by atoms with E-state index in [9.17, 15) is 9.59 Å². The van der Waals surface area contributed by atoms with Crippen LogP contribution >= 0.6 is 0 Å². The molecule has 0 spiro atoms. The van der Waals surface area contributed by atoms with E-state index < -0.39 is 0 Å². The number of esters is 2. The predicted molar refractivity (Wildman–Crippen MR) is 142 cm³/mol. The number of hydrogen-bond acceptors (Lipinski definition) is 8. The van der Waals surface area contributed by atoms with E-state index in [2.05, 4.69) is 38.8 Å². The predicted octanol–water partition coefficient (Wildman–Crippen LogP) is 4.44. The van der Waals surface area contributed by atoms with E-state index in [1.807, 2.05) is 18.2 Å². The molecule has 0 unspecified atom stereocenters. The van der Waals surface area contributed by atoms with Crippen molar-refractivity contribution in [3.63, 3.8) is 0 Å². The van der Waals surface area contributed by atoms with Gasteiger partial charge in [0.1, 0.15) is 0 Å². The Balaban J connectivity index is 1.55. The molecule has 37 heavy (non-hydrogen) atoms. The first kappa shape index (κ1) is 28.5. The van der Waals surface area contributed by atoms with Gasteiger partial charge < -0.3 is 18.9 Å². The van der Waals surface area contributed by atoms with Crippen molar-refractivity contribution < 1.29 is 28.5 Å². The maximum Gasteiger partial charge on any atom is 0.311 e. The van der Waals surface area contributed by atoms with E-state index in [1.165, 1.54) is 12.7 Å². The van der Waals surface area contributed by atoms with Crippen molar-refractivity contribution in [3.05, 3.63) is 53.6 Å². The monoisotopic (exact) mass is 512 g/mol. The molecular formula is C29H40N2O6. The van der Waals surface area contributed by atoms with Crippen LogP contribution in [-0.2, 0) is 27.4 Å². The molecule has 2 aromatic rings. The molecule has 0 saturated carbocycles. The average molecular weight is 513 g/mol. The molecule has 0 aliphatic carbocycles. The Morgan fingerprint density at radius 3 is 1.92 bits per heavy atom. The summed E-state index contributed by atoms with van der Waals surface area (Å²) in [5.41, 5.74) is 2.23. The number of piperazine rings is 1. The molecule has 1 aliphatic rings. The molecule has 1 saturated heterocycles. The van der Waals surface area contributed by atoms with Crippen molar-refractivity contribution in [1.82, 2.24) is 9.80 Å². The van der Waals surface area contributed by atoms with E-state index in [0.717, 1.165) is 57.5 Å². The number of nitrogens with zero attached hydrogens (tertiary/aromatic N) is 2. The summed E-state index contributed by atoms with van der Waals surface area (Å²) in [5, 5.41) is 0. The first-order chi connectivity index (χ1) is 18.0. The number of methoxy groups -OCH3 is 3. The Labute approximate surface area is 220 Å². The summed E-state index contributed by atoms with van der Waals surface area (Å²) in [4.78, 5) is 28.8. The second kappa shape index (κ2) is 15.2. The van der Waals surface area contributed by atoms with E-state index in [0.29, 0.717) is 43.1 Å². The van der Waals surface area contributed by atoms with Crippen molar-refractivity contribution in [2.24, 2.45) is 0 Å². The van der Waals surface area contributed by atoms with Crippen molar-refractivity contribution in [3.8, 4) is 17.2 Å². The number of rotatable bonds is 14. The van der Waals surface area contributed by atoms with Crippen LogP contribution in [0.25, 0.3) is 0 Å². The number of hydrogen-bond donors (Lipinski definition) is 0. The van der Waals surface area contributed by atoms with Gasteiger partial charge in [-0.25, -0.2) is 0 Å². The van der Waals surface area contributed by atoms with E-state index in [-0.39, 0.29) is 11.9 Å².